The van der Waals surface area contributed by atoms with Crippen LogP contribution in [-0.4, -0.2) is 12.1 Å². The fourth-order valence-electron chi connectivity index (χ4n) is 2.25. The molecule has 0 aromatic heterocycles. The maximum absolute atomic E-state index is 11.9. The minimum absolute atomic E-state index is 0.242. The second-order valence-corrected chi connectivity index (χ2v) is 5.41. The van der Waals surface area contributed by atoms with Crippen molar-refractivity contribution in [2.45, 2.75) is 6.61 Å². The summed E-state index contributed by atoms with van der Waals surface area (Å²) in [4.78, 5) is 11.9. The summed E-state index contributed by atoms with van der Waals surface area (Å²) in [5.74, 6) is 0.510. The maximum atomic E-state index is 11.9. The van der Waals surface area contributed by atoms with Crippen LogP contribution in [0.5, 0.6) is 5.75 Å². The molecule has 3 rings (SSSR count). The van der Waals surface area contributed by atoms with Crippen molar-refractivity contribution in [2.24, 2.45) is 5.10 Å². The highest BCUT2D eigenvalue weighted by molar-refractivity contribution is 5.94. The molecule has 0 atom stereocenters. The Morgan fingerprint density at radius 3 is 2.40 bits per heavy atom. The standard InChI is InChI=1S/C21H18N2O2/c24-21(19-11-5-2-6-12-19)23-22-15-18-10-7-13-20(14-18)25-16-17-8-3-1-4-9-17/h1-15H,16H2,(H,23,24). The van der Waals surface area contributed by atoms with E-state index in [1.54, 1.807) is 18.3 Å². The molecule has 25 heavy (non-hydrogen) atoms. The van der Waals surface area contributed by atoms with Gasteiger partial charge in [0, 0.05) is 5.56 Å². The molecule has 0 aliphatic heterocycles. The minimum atomic E-state index is -0.242. The average molecular weight is 330 g/mol. The van der Waals surface area contributed by atoms with Crippen molar-refractivity contribution >= 4 is 12.1 Å². The van der Waals surface area contributed by atoms with Gasteiger partial charge in [0.05, 0.1) is 6.21 Å². The fourth-order valence-corrected chi connectivity index (χ4v) is 2.25. The van der Waals surface area contributed by atoms with Gasteiger partial charge in [-0.15, -0.1) is 0 Å². The van der Waals surface area contributed by atoms with Crippen molar-refractivity contribution in [3.8, 4) is 5.75 Å². The topological polar surface area (TPSA) is 50.7 Å². The van der Waals surface area contributed by atoms with Crippen LogP contribution in [0.1, 0.15) is 21.5 Å². The highest BCUT2D eigenvalue weighted by Crippen LogP contribution is 2.14. The van der Waals surface area contributed by atoms with E-state index in [9.17, 15) is 4.79 Å². The second kappa shape index (κ2) is 8.45. The van der Waals surface area contributed by atoms with E-state index >= 15 is 0 Å². The Balaban J connectivity index is 1.57. The smallest absolute Gasteiger partial charge is 0.271 e. The molecule has 124 valence electrons. The third-order valence-corrected chi connectivity index (χ3v) is 3.52. The van der Waals surface area contributed by atoms with Crippen LogP contribution in [-0.2, 0) is 6.61 Å². The van der Waals surface area contributed by atoms with Crippen LogP contribution in [0.4, 0.5) is 0 Å². The molecular weight excluding hydrogens is 312 g/mol. The summed E-state index contributed by atoms with van der Waals surface area (Å²) in [6.07, 6.45) is 1.59. The first kappa shape index (κ1) is 16.5. The Labute approximate surface area is 146 Å². The molecule has 0 unspecified atom stereocenters. The van der Waals surface area contributed by atoms with Crippen molar-refractivity contribution in [1.29, 1.82) is 0 Å². The molecule has 3 aromatic carbocycles. The van der Waals surface area contributed by atoms with Crippen molar-refractivity contribution < 1.29 is 9.53 Å². The quantitative estimate of drug-likeness (QED) is 0.548. The van der Waals surface area contributed by atoms with Gasteiger partial charge in [0.25, 0.3) is 5.91 Å². The molecule has 0 fully saturated rings. The molecule has 3 aromatic rings. The lowest BCUT2D eigenvalue weighted by molar-refractivity contribution is 0.0955. The third-order valence-electron chi connectivity index (χ3n) is 3.52. The van der Waals surface area contributed by atoms with E-state index in [2.05, 4.69) is 10.5 Å². The van der Waals surface area contributed by atoms with Gasteiger partial charge in [0.2, 0.25) is 0 Å². The van der Waals surface area contributed by atoms with Crippen LogP contribution in [0.3, 0.4) is 0 Å². The Kier molecular flexibility index (Phi) is 5.56. The van der Waals surface area contributed by atoms with Crippen LogP contribution in [0.15, 0.2) is 90.0 Å². The van der Waals surface area contributed by atoms with Gasteiger partial charge in [-0.2, -0.15) is 5.10 Å². The van der Waals surface area contributed by atoms with E-state index < -0.39 is 0 Å². The lowest BCUT2D eigenvalue weighted by Gasteiger charge is -2.06. The summed E-state index contributed by atoms with van der Waals surface area (Å²) < 4.78 is 5.78. The summed E-state index contributed by atoms with van der Waals surface area (Å²) >= 11 is 0. The summed E-state index contributed by atoms with van der Waals surface area (Å²) in [6.45, 7) is 0.506. The number of hydrogen-bond donors (Lipinski definition) is 1. The van der Waals surface area contributed by atoms with Crippen LogP contribution < -0.4 is 10.2 Å². The number of ether oxygens (including phenoxy) is 1. The number of hydrazone groups is 1. The summed E-state index contributed by atoms with van der Waals surface area (Å²) in [6, 6.07) is 26.5. The molecule has 0 radical (unpaired) electrons. The van der Waals surface area contributed by atoms with Crippen LogP contribution in [0, 0.1) is 0 Å². The van der Waals surface area contributed by atoms with Crippen molar-refractivity contribution in [1.82, 2.24) is 5.43 Å². The number of hydrogen-bond acceptors (Lipinski definition) is 3. The predicted octanol–water partition coefficient (Wildman–Crippen LogP) is 4.03. The molecule has 4 nitrogen and oxygen atoms in total. The van der Waals surface area contributed by atoms with E-state index in [1.165, 1.54) is 0 Å². The molecule has 1 N–H and O–H groups in total. The number of carbonyl (C=O) groups excluding carboxylic acids is 1. The highest BCUT2D eigenvalue weighted by Gasteiger charge is 2.01. The second-order valence-electron chi connectivity index (χ2n) is 5.41. The predicted molar refractivity (Wildman–Crippen MR) is 98.7 cm³/mol. The molecule has 0 saturated heterocycles. The zero-order valence-electron chi connectivity index (χ0n) is 13.6. The van der Waals surface area contributed by atoms with E-state index in [1.807, 2.05) is 72.8 Å². The Bertz CT molecular complexity index is 846. The molecule has 0 spiro atoms. The van der Waals surface area contributed by atoms with Gasteiger partial charge in [-0.05, 0) is 35.4 Å². The van der Waals surface area contributed by atoms with Crippen LogP contribution >= 0.6 is 0 Å². The van der Waals surface area contributed by atoms with E-state index in [0.29, 0.717) is 12.2 Å². The summed E-state index contributed by atoms with van der Waals surface area (Å²) in [7, 11) is 0. The van der Waals surface area contributed by atoms with Gasteiger partial charge >= 0.3 is 0 Å². The fraction of sp³-hybridized carbons (Fsp3) is 0.0476. The third kappa shape index (κ3) is 5.04. The first-order chi connectivity index (χ1) is 12.3. The molecule has 0 aliphatic carbocycles. The van der Waals surface area contributed by atoms with E-state index in [4.69, 9.17) is 4.74 Å². The number of benzene rings is 3. The minimum Gasteiger partial charge on any atom is -0.489 e. The van der Waals surface area contributed by atoms with Gasteiger partial charge < -0.3 is 4.74 Å². The van der Waals surface area contributed by atoms with Gasteiger partial charge in [-0.25, -0.2) is 5.43 Å². The van der Waals surface area contributed by atoms with Crippen LogP contribution in [0.2, 0.25) is 0 Å². The first-order valence-corrected chi connectivity index (χ1v) is 7.96. The number of nitrogens with zero attached hydrogens (tertiary/aromatic N) is 1. The van der Waals surface area contributed by atoms with Crippen molar-refractivity contribution in [3.05, 3.63) is 102 Å². The Morgan fingerprint density at radius 2 is 1.64 bits per heavy atom. The molecule has 0 heterocycles. The maximum Gasteiger partial charge on any atom is 0.271 e. The molecule has 1 amide bonds. The summed E-state index contributed by atoms with van der Waals surface area (Å²) in [5.41, 5.74) is 5.04. The number of amides is 1. The van der Waals surface area contributed by atoms with Gasteiger partial charge in [0.1, 0.15) is 12.4 Å². The van der Waals surface area contributed by atoms with Gasteiger partial charge in [-0.1, -0.05) is 60.7 Å². The lowest BCUT2D eigenvalue weighted by atomic mass is 10.2. The number of nitrogens with one attached hydrogen (secondary N) is 1. The van der Waals surface area contributed by atoms with Gasteiger partial charge in [0.15, 0.2) is 0 Å². The molecular formula is C21H18N2O2. The summed E-state index contributed by atoms with van der Waals surface area (Å²) in [5, 5.41) is 4.00. The number of rotatable bonds is 6. The SMILES string of the molecule is O=C(NN=Cc1cccc(OCc2ccccc2)c1)c1ccccc1. The Hall–Kier alpha value is -3.40. The first-order valence-electron chi connectivity index (χ1n) is 7.96. The van der Waals surface area contributed by atoms with Crippen molar-refractivity contribution in [3.63, 3.8) is 0 Å². The highest BCUT2D eigenvalue weighted by atomic mass is 16.5. The Morgan fingerprint density at radius 1 is 0.920 bits per heavy atom. The molecule has 0 saturated carbocycles. The zero-order chi connectivity index (χ0) is 17.3. The van der Waals surface area contributed by atoms with Crippen molar-refractivity contribution in [2.75, 3.05) is 0 Å². The van der Waals surface area contributed by atoms with Crippen LogP contribution in [0.25, 0.3) is 0 Å². The van der Waals surface area contributed by atoms with Gasteiger partial charge in [-0.3, -0.25) is 4.79 Å². The van der Waals surface area contributed by atoms with E-state index in [0.717, 1.165) is 16.9 Å². The molecule has 0 bridgehead atoms. The van der Waals surface area contributed by atoms with E-state index in [-0.39, 0.29) is 5.91 Å². The number of carbonyl (C=O) groups is 1. The largest absolute Gasteiger partial charge is 0.489 e. The normalized spacial score (nSPS) is 10.6. The molecule has 4 heteroatoms. The zero-order valence-corrected chi connectivity index (χ0v) is 13.6. The monoisotopic (exact) mass is 330 g/mol. The molecule has 0 aliphatic rings. The lowest BCUT2D eigenvalue weighted by Crippen LogP contribution is -2.17. The average Bonchev–Trinajstić information content (AvgIpc) is 2.68.